The van der Waals surface area contributed by atoms with Crippen molar-refractivity contribution < 1.29 is 9.90 Å². The van der Waals surface area contributed by atoms with Gasteiger partial charge in [0.05, 0.1) is 0 Å². The first-order valence-corrected chi connectivity index (χ1v) is 5.61. The summed E-state index contributed by atoms with van der Waals surface area (Å²) in [6, 6.07) is 4.79. The Morgan fingerprint density at radius 2 is 2.12 bits per heavy atom. The zero-order valence-electron chi connectivity index (χ0n) is 9.05. The van der Waals surface area contributed by atoms with Crippen LogP contribution >= 0.6 is 23.2 Å². The van der Waals surface area contributed by atoms with E-state index in [1.165, 1.54) is 0 Å². The summed E-state index contributed by atoms with van der Waals surface area (Å²) in [5.74, 6) is -0.987. The molecule has 0 bridgehead atoms. The quantitative estimate of drug-likeness (QED) is 0.877. The molecule has 0 aliphatic heterocycles. The van der Waals surface area contributed by atoms with E-state index in [-0.39, 0.29) is 0 Å². The molecule has 0 aliphatic rings. The van der Waals surface area contributed by atoms with Crippen molar-refractivity contribution in [3.63, 3.8) is 0 Å². The number of nitrogens with one attached hydrogen (secondary N) is 1. The first kappa shape index (κ1) is 13.3. The lowest BCUT2D eigenvalue weighted by atomic mass is 9.92. The topological polar surface area (TPSA) is 49.3 Å². The molecule has 0 aliphatic carbocycles. The normalized spacial score (nSPS) is 14.5. The van der Waals surface area contributed by atoms with Crippen LogP contribution in [0.25, 0.3) is 0 Å². The van der Waals surface area contributed by atoms with E-state index in [0.29, 0.717) is 22.2 Å². The molecule has 2 N–H and O–H groups in total. The van der Waals surface area contributed by atoms with Crippen LogP contribution in [0.15, 0.2) is 18.2 Å². The number of hydrogen-bond donors (Lipinski definition) is 2. The highest BCUT2D eigenvalue weighted by Crippen LogP contribution is 2.30. The number of benzene rings is 1. The Morgan fingerprint density at radius 3 is 2.62 bits per heavy atom. The molecule has 16 heavy (non-hydrogen) atoms. The van der Waals surface area contributed by atoms with Gasteiger partial charge in [-0.2, -0.15) is 0 Å². The van der Waals surface area contributed by atoms with Crippen LogP contribution in [-0.4, -0.2) is 17.6 Å². The average molecular weight is 262 g/mol. The van der Waals surface area contributed by atoms with E-state index in [1.54, 1.807) is 25.1 Å². The molecule has 3 nitrogen and oxygen atoms in total. The zero-order valence-corrected chi connectivity index (χ0v) is 10.6. The van der Waals surface area contributed by atoms with Crippen LogP contribution in [0, 0.1) is 0 Å². The van der Waals surface area contributed by atoms with E-state index < -0.39 is 11.5 Å². The van der Waals surface area contributed by atoms with Crippen LogP contribution in [0.5, 0.6) is 0 Å². The fraction of sp³-hybridized carbons (Fsp3) is 0.364. The second kappa shape index (κ2) is 5.04. The molecule has 1 aromatic carbocycles. The summed E-state index contributed by atoms with van der Waals surface area (Å²) in [4.78, 5) is 11.3. The van der Waals surface area contributed by atoms with Gasteiger partial charge in [0.2, 0.25) is 0 Å². The zero-order chi connectivity index (χ0) is 12.3. The van der Waals surface area contributed by atoms with Gasteiger partial charge in [0.15, 0.2) is 0 Å². The standard InChI is InChI=1S/C11H13Cl2NO2/c1-3-14-11(2,10(15)16)8-6-7(12)4-5-9(8)13/h4-6,14H,3H2,1-2H3,(H,15,16). The summed E-state index contributed by atoms with van der Waals surface area (Å²) in [5.41, 5.74) is -0.757. The maximum atomic E-state index is 11.3. The van der Waals surface area contributed by atoms with Crippen LogP contribution in [0.3, 0.4) is 0 Å². The number of rotatable bonds is 4. The van der Waals surface area contributed by atoms with Gasteiger partial charge in [0.1, 0.15) is 5.54 Å². The van der Waals surface area contributed by atoms with Gasteiger partial charge >= 0.3 is 5.97 Å². The number of carbonyl (C=O) groups is 1. The van der Waals surface area contributed by atoms with Gasteiger partial charge in [0.25, 0.3) is 0 Å². The number of hydrogen-bond acceptors (Lipinski definition) is 2. The van der Waals surface area contributed by atoms with Crippen molar-refractivity contribution in [2.24, 2.45) is 0 Å². The van der Waals surface area contributed by atoms with Crippen molar-refractivity contribution in [2.45, 2.75) is 19.4 Å². The first-order chi connectivity index (χ1) is 7.41. The molecule has 0 spiro atoms. The van der Waals surface area contributed by atoms with Crippen LogP contribution < -0.4 is 5.32 Å². The van der Waals surface area contributed by atoms with Crippen molar-refractivity contribution in [2.75, 3.05) is 6.54 Å². The highest BCUT2D eigenvalue weighted by atomic mass is 35.5. The van der Waals surface area contributed by atoms with Gasteiger partial charge < -0.3 is 5.11 Å². The fourth-order valence-corrected chi connectivity index (χ4v) is 2.00. The highest BCUT2D eigenvalue weighted by molar-refractivity contribution is 6.33. The van der Waals surface area contributed by atoms with Crippen molar-refractivity contribution in [3.05, 3.63) is 33.8 Å². The molecule has 1 unspecified atom stereocenters. The van der Waals surface area contributed by atoms with E-state index in [0.717, 1.165) is 0 Å². The Bertz CT molecular complexity index is 409. The van der Waals surface area contributed by atoms with E-state index in [9.17, 15) is 9.90 Å². The summed E-state index contributed by atoms with van der Waals surface area (Å²) in [6.45, 7) is 3.92. The summed E-state index contributed by atoms with van der Waals surface area (Å²) in [6.07, 6.45) is 0. The van der Waals surface area contributed by atoms with Gasteiger partial charge in [-0.05, 0) is 31.7 Å². The molecule has 1 atom stereocenters. The minimum absolute atomic E-state index is 0.384. The third-order valence-electron chi connectivity index (χ3n) is 2.43. The third-order valence-corrected chi connectivity index (χ3v) is 2.99. The van der Waals surface area contributed by atoms with Gasteiger partial charge in [0, 0.05) is 15.6 Å². The second-order valence-corrected chi connectivity index (χ2v) is 4.43. The molecule has 5 heteroatoms. The summed E-state index contributed by atoms with van der Waals surface area (Å²) >= 11 is 11.8. The molecular weight excluding hydrogens is 249 g/mol. The molecule has 88 valence electrons. The van der Waals surface area contributed by atoms with E-state index >= 15 is 0 Å². The van der Waals surface area contributed by atoms with Gasteiger partial charge in [-0.15, -0.1) is 0 Å². The van der Waals surface area contributed by atoms with Gasteiger partial charge in [-0.3, -0.25) is 5.32 Å². The van der Waals surface area contributed by atoms with Gasteiger partial charge in [-0.25, -0.2) is 4.79 Å². The van der Waals surface area contributed by atoms with E-state index in [1.807, 2.05) is 6.92 Å². The van der Waals surface area contributed by atoms with Gasteiger partial charge in [-0.1, -0.05) is 30.1 Å². The number of likely N-dealkylation sites (N-methyl/N-ethyl adjacent to an activating group) is 1. The number of carboxylic acid groups (broad SMARTS) is 1. The van der Waals surface area contributed by atoms with Crippen molar-refractivity contribution >= 4 is 29.2 Å². The Hall–Kier alpha value is -0.770. The maximum absolute atomic E-state index is 11.3. The van der Waals surface area contributed by atoms with E-state index in [4.69, 9.17) is 23.2 Å². The molecule has 0 saturated carbocycles. The predicted molar refractivity (Wildman–Crippen MR) is 65.1 cm³/mol. The number of aliphatic carboxylic acids is 1. The van der Waals surface area contributed by atoms with Crippen LogP contribution in [-0.2, 0) is 10.3 Å². The molecule has 0 heterocycles. The molecule has 1 rings (SSSR count). The summed E-state index contributed by atoms with van der Waals surface area (Å²) in [5, 5.41) is 13.0. The molecular formula is C11H13Cl2NO2. The molecule has 0 fully saturated rings. The molecule has 0 saturated heterocycles. The molecule has 0 aromatic heterocycles. The SMILES string of the molecule is CCNC(C)(C(=O)O)c1cc(Cl)ccc1Cl. The smallest absolute Gasteiger partial charge is 0.328 e. The number of carboxylic acids is 1. The predicted octanol–water partition coefficient (Wildman–Crippen LogP) is 2.90. The Morgan fingerprint density at radius 1 is 1.50 bits per heavy atom. The summed E-state index contributed by atoms with van der Waals surface area (Å²) in [7, 11) is 0. The maximum Gasteiger partial charge on any atom is 0.328 e. The lowest BCUT2D eigenvalue weighted by Gasteiger charge is -2.27. The molecule has 0 radical (unpaired) electrons. The Kier molecular flexibility index (Phi) is 4.19. The Labute approximate surface area is 104 Å². The minimum atomic E-state index is -1.23. The molecule has 1 aromatic rings. The lowest BCUT2D eigenvalue weighted by molar-refractivity contribution is -0.144. The monoisotopic (exact) mass is 261 g/mol. The van der Waals surface area contributed by atoms with Crippen LogP contribution in [0.2, 0.25) is 10.0 Å². The fourth-order valence-electron chi connectivity index (χ4n) is 1.52. The van der Waals surface area contributed by atoms with Crippen LogP contribution in [0.4, 0.5) is 0 Å². The lowest BCUT2D eigenvalue weighted by Crippen LogP contribution is -2.46. The van der Waals surface area contributed by atoms with Crippen LogP contribution in [0.1, 0.15) is 19.4 Å². The van der Waals surface area contributed by atoms with Crippen molar-refractivity contribution in [3.8, 4) is 0 Å². The van der Waals surface area contributed by atoms with Crippen molar-refractivity contribution in [1.29, 1.82) is 0 Å². The minimum Gasteiger partial charge on any atom is -0.480 e. The number of halogens is 2. The van der Waals surface area contributed by atoms with E-state index in [2.05, 4.69) is 5.32 Å². The third kappa shape index (κ3) is 2.48. The van der Waals surface area contributed by atoms with Crippen molar-refractivity contribution in [1.82, 2.24) is 5.32 Å². The second-order valence-electron chi connectivity index (χ2n) is 3.58. The first-order valence-electron chi connectivity index (χ1n) is 4.85. The molecule has 0 amide bonds. The highest BCUT2D eigenvalue weighted by Gasteiger charge is 2.36. The average Bonchev–Trinajstić information content (AvgIpc) is 2.21. The summed E-state index contributed by atoms with van der Waals surface area (Å²) < 4.78 is 0. The Balaban J connectivity index is 3.31. The largest absolute Gasteiger partial charge is 0.480 e.